The van der Waals surface area contributed by atoms with E-state index in [2.05, 4.69) is 48.6 Å². The summed E-state index contributed by atoms with van der Waals surface area (Å²) in [7, 11) is 0. The van der Waals surface area contributed by atoms with E-state index in [1.54, 1.807) is 0 Å². The third kappa shape index (κ3) is 1.83. The number of rotatable bonds is 1. The second-order valence-corrected chi connectivity index (χ2v) is 5.08. The number of hydrogen-bond donors (Lipinski definition) is 1. The van der Waals surface area contributed by atoms with Gasteiger partial charge in [0.25, 0.3) is 0 Å². The van der Waals surface area contributed by atoms with Crippen molar-refractivity contribution in [2.75, 3.05) is 0 Å². The Morgan fingerprint density at radius 1 is 1.20 bits per heavy atom. The van der Waals surface area contributed by atoms with Gasteiger partial charge in [0.1, 0.15) is 5.75 Å². The first kappa shape index (κ1) is 10.7. The molecule has 78 valence electrons. The molecular formula is C13H13IO. The smallest absolute Gasteiger partial charge is 0.132 e. The highest BCUT2D eigenvalue weighted by Gasteiger charge is 2.12. The molecule has 15 heavy (non-hydrogen) atoms. The van der Waals surface area contributed by atoms with Crippen molar-refractivity contribution in [3.8, 4) is 5.75 Å². The zero-order valence-electron chi connectivity index (χ0n) is 8.79. The molecule has 0 aromatic heterocycles. The maximum atomic E-state index is 10.1. The Bertz CT molecular complexity index is 503. The van der Waals surface area contributed by atoms with Gasteiger partial charge in [-0.25, -0.2) is 0 Å². The maximum Gasteiger partial charge on any atom is 0.132 e. The average Bonchev–Trinajstić information content (AvgIpc) is 2.23. The summed E-state index contributed by atoms with van der Waals surface area (Å²) < 4.78 is 0.953. The molecule has 2 aromatic rings. The van der Waals surface area contributed by atoms with Crippen LogP contribution in [0.2, 0.25) is 0 Å². The topological polar surface area (TPSA) is 20.2 Å². The summed E-state index contributed by atoms with van der Waals surface area (Å²) in [5.41, 5.74) is 1.03. The van der Waals surface area contributed by atoms with Crippen LogP contribution in [0.1, 0.15) is 25.3 Å². The third-order valence-electron chi connectivity index (χ3n) is 2.61. The van der Waals surface area contributed by atoms with Gasteiger partial charge in [0.2, 0.25) is 0 Å². The van der Waals surface area contributed by atoms with E-state index in [1.165, 1.54) is 5.39 Å². The molecule has 0 amide bonds. The van der Waals surface area contributed by atoms with Crippen molar-refractivity contribution in [2.24, 2.45) is 0 Å². The lowest BCUT2D eigenvalue weighted by molar-refractivity contribution is 0.462. The molecule has 2 heteroatoms. The Kier molecular flexibility index (Phi) is 2.87. The van der Waals surface area contributed by atoms with Crippen LogP contribution in [0.15, 0.2) is 30.3 Å². The van der Waals surface area contributed by atoms with Crippen molar-refractivity contribution in [3.05, 3.63) is 39.5 Å². The molecule has 2 aromatic carbocycles. The highest BCUT2D eigenvalue weighted by atomic mass is 127. The van der Waals surface area contributed by atoms with E-state index < -0.39 is 0 Å². The molecule has 0 unspecified atom stereocenters. The zero-order valence-corrected chi connectivity index (χ0v) is 10.9. The predicted molar refractivity (Wildman–Crippen MR) is 72.4 cm³/mol. The minimum atomic E-state index is 0.350. The summed E-state index contributed by atoms with van der Waals surface area (Å²) in [6, 6.07) is 10.2. The monoisotopic (exact) mass is 312 g/mol. The Balaban J connectivity index is 2.82. The Hall–Kier alpha value is -0.770. The van der Waals surface area contributed by atoms with Crippen molar-refractivity contribution < 1.29 is 5.11 Å². The lowest BCUT2D eigenvalue weighted by Crippen LogP contribution is -1.91. The third-order valence-corrected chi connectivity index (χ3v) is 3.70. The van der Waals surface area contributed by atoms with Gasteiger partial charge < -0.3 is 5.11 Å². The molecule has 0 radical (unpaired) electrons. The SMILES string of the molecule is CC(C)c1cc2ccccc2c(I)c1O. The number of phenolic OH excluding ortho intramolecular Hbond substituents is 1. The number of hydrogen-bond acceptors (Lipinski definition) is 1. The van der Waals surface area contributed by atoms with E-state index in [9.17, 15) is 5.11 Å². The molecule has 0 bridgehead atoms. The van der Waals surface area contributed by atoms with Crippen molar-refractivity contribution in [1.82, 2.24) is 0 Å². The number of aromatic hydroxyl groups is 1. The van der Waals surface area contributed by atoms with E-state index in [4.69, 9.17) is 0 Å². The van der Waals surface area contributed by atoms with E-state index >= 15 is 0 Å². The minimum absolute atomic E-state index is 0.350. The largest absolute Gasteiger partial charge is 0.507 e. The first-order valence-electron chi connectivity index (χ1n) is 5.01. The lowest BCUT2D eigenvalue weighted by atomic mass is 9.98. The van der Waals surface area contributed by atoms with Gasteiger partial charge in [0.15, 0.2) is 0 Å². The van der Waals surface area contributed by atoms with Crippen LogP contribution in [0.25, 0.3) is 10.8 Å². The van der Waals surface area contributed by atoms with Gasteiger partial charge >= 0.3 is 0 Å². The van der Waals surface area contributed by atoms with Crippen LogP contribution in [0.5, 0.6) is 5.75 Å². The summed E-state index contributed by atoms with van der Waals surface area (Å²) in [4.78, 5) is 0. The fourth-order valence-corrected chi connectivity index (χ4v) is 2.56. The molecule has 0 aliphatic heterocycles. The van der Waals surface area contributed by atoms with E-state index in [-0.39, 0.29) is 0 Å². The average molecular weight is 312 g/mol. The molecule has 0 saturated carbocycles. The van der Waals surface area contributed by atoms with E-state index in [0.717, 1.165) is 14.5 Å². The standard InChI is InChI=1S/C13H13IO/c1-8(2)11-7-9-5-3-4-6-10(9)12(14)13(11)15/h3-8,15H,1-2H3. The van der Waals surface area contributed by atoms with Crippen LogP contribution in [0, 0.1) is 3.57 Å². The second kappa shape index (κ2) is 4.00. The quantitative estimate of drug-likeness (QED) is 0.780. The number of benzene rings is 2. The van der Waals surface area contributed by atoms with Crippen LogP contribution >= 0.6 is 22.6 Å². The normalized spacial score (nSPS) is 11.2. The summed E-state index contributed by atoms with van der Waals surface area (Å²) in [5, 5.41) is 12.4. The summed E-state index contributed by atoms with van der Waals surface area (Å²) in [5.74, 6) is 0.785. The van der Waals surface area contributed by atoms with Crippen LogP contribution in [0.4, 0.5) is 0 Å². The van der Waals surface area contributed by atoms with Crippen molar-refractivity contribution in [2.45, 2.75) is 19.8 Å². The summed E-state index contributed by atoms with van der Waals surface area (Å²) >= 11 is 2.21. The van der Waals surface area contributed by atoms with Gasteiger partial charge in [0.05, 0.1) is 3.57 Å². The van der Waals surface area contributed by atoms with Crippen LogP contribution in [-0.2, 0) is 0 Å². The van der Waals surface area contributed by atoms with Gasteiger partial charge in [-0.3, -0.25) is 0 Å². The fourth-order valence-electron chi connectivity index (χ4n) is 1.75. The molecule has 1 nitrogen and oxygen atoms in total. The highest BCUT2D eigenvalue weighted by Crippen LogP contribution is 2.35. The molecule has 0 saturated heterocycles. The number of fused-ring (bicyclic) bond motifs is 1. The predicted octanol–water partition coefficient (Wildman–Crippen LogP) is 4.27. The molecule has 0 atom stereocenters. The van der Waals surface area contributed by atoms with Crippen molar-refractivity contribution >= 4 is 33.4 Å². The molecule has 1 N–H and O–H groups in total. The Morgan fingerprint density at radius 3 is 2.53 bits per heavy atom. The molecule has 0 aliphatic rings. The van der Waals surface area contributed by atoms with E-state index in [1.807, 2.05) is 18.2 Å². The second-order valence-electron chi connectivity index (χ2n) is 4.00. The highest BCUT2D eigenvalue weighted by molar-refractivity contribution is 14.1. The van der Waals surface area contributed by atoms with E-state index in [0.29, 0.717) is 11.7 Å². The van der Waals surface area contributed by atoms with Crippen LogP contribution in [-0.4, -0.2) is 5.11 Å². The molecular weight excluding hydrogens is 299 g/mol. The number of phenols is 1. The first-order valence-corrected chi connectivity index (χ1v) is 6.09. The molecule has 0 spiro atoms. The van der Waals surface area contributed by atoms with Crippen LogP contribution in [0.3, 0.4) is 0 Å². The van der Waals surface area contributed by atoms with Gasteiger partial charge in [0, 0.05) is 0 Å². The van der Waals surface area contributed by atoms with Crippen LogP contribution < -0.4 is 0 Å². The first-order chi connectivity index (χ1) is 7.11. The van der Waals surface area contributed by atoms with Gasteiger partial charge in [-0.1, -0.05) is 38.1 Å². The van der Waals surface area contributed by atoms with Crippen molar-refractivity contribution in [3.63, 3.8) is 0 Å². The van der Waals surface area contributed by atoms with Gasteiger partial charge in [-0.05, 0) is 50.9 Å². The lowest BCUT2D eigenvalue weighted by Gasteiger charge is -2.12. The summed E-state index contributed by atoms with van der Waals surface area (Å²) in [6.07, 6.45) is 0. The van der Waals surface area contributed by atoms with Gasteiger partial charge in [-0.15, -0.1) is 0 Å². The maximum absolute atomic E-state index is 10.1. The zero-order chi connectivity index (χ0) is 11.0. The molecule has 2 rings (SSSR count). The Labute approximate surface area is 103 Å². The molecule has 0 fully saturated rings. The molecule has 0 aliphatic carbocycles. The van der Waals surface area contributed by atoms with Crippen molar-refractivity contribution in [1.29, 1.82) is 0 Å². The molecule has 0 heterocycles. The summed E-state index contributed by atoms with van der Waals surface area (Å²) in [6.45, 7) is 4.19. The van der Waals surface area contributed by atoms with Gasteiger partial charge in [-0.2, -0.15) is 0 Å². The minimum Gasteiger partial charge on any atom is -0.507 e. The fraction of sp³-hybridized carbons (Fsp3) is 0.231. The number of halogens is 1. The Morgan fingerprint density at radius 2 is 1.87 bits per heavy atom.